The molecule has 1 N–H and O–H groups in total. The number of hydrogen-bond donors (Lipinski definition) is 1. The quantitative estimate of drug-likeness (QED) is 0.895. The third kappa shape index (κ3) is 3.45. The highest BCUT2D eigenvalue weighted by Gasteiger charge is 2.06. The minimum Gasteiger partial charge on any atom is -0.497 e. The summed E-state index contributed by atoms with van der Waals surface area (Å²) >= 11 is 0. The fraction of sp³-hybridized carbons (Fsp3) is 0.200. The molecule has 2 aromatic carbocycles. The third-order valence-corrected chi connectivity index (χ3v) is 2.68. The SMILES string of the molecule is CNCc1cc(F)ccc1Oc1ccc(OC)cc1. The minimum atomic E-state index is -0.271. The first-order valence-corrected chi connectivity index (χ1v) is 5.98. The summed E-state index contributed by atoms with van der Waals surface area (Å²) in [4.78, 5) is 0. The van der Waals surface area contributed by atoms with Crippen molar-refractivity contribution in [1.29, 1.82) is 0 Å². The van der Waals surface area contributed by atoms with Crippen LogP contribution in [-0.4, -0.2) is 14.2 Å². The molecule has 0 spiro atoms. The molecule has 0 atom stereocenters. The Labute approximate surface area is 112 Å². The molecule has 0 aliphatic heterocycles. The summed E-state index contributed by atoms with van der Waals surface area (Å²) in [5, 5.41) is 2.99. The standard InChI is InChI=1S/C15H16FNO2/c1-17-10-11-9-12(16)3-8-15(11)19-14-6-4-13(18-2)5-7-14/h3-9,17H,10H2,1-2H3. The smallest absolute Gasteiger partial charge is 0.132 e. The van der Waals surface area contributed by atoms with Crippen molar-refractivity contribution in [2.24, 2.45) is 0 Å². The van der Waals surface area contributed by atoms with Crippen molar-refractivity contribution in [3.8, 4) is 17.2 Å². The Morgan fingerprint density at radius 3 is 2.37 bits per heavy atom. The van der Waals surface area contributed by atoms with E-state index < -0.39 is 0 Å². The van der Waals surface area contributed by atoms with Crippen molar-refractivity contribution in [3.05, 3.63) is 53.8 Å². The lowest BCUT2D eigenvalue weighted by Gasteiger charge is -2.11. The van der Waals surface area contributed by atoms with Gasteiger partial charge in [-0.15, -0.1) is 0 Å². The number of halogens is 1. The maximum absolute atomic E-state index is 13.2. The van der Waals surface area contributed by atoms with Crippen LogP contribution in [0.15, 0.2) is 42.5 Å². The minimum absolute atomic E-state index is 0.271. The molecule has 0 aliphatic carbocycles. The number of benzene rings is 2. The van der Waals surface area contributed by atoms with Crippen molar-refractivity contribution < 1.29 is 13.9 Å². The van der Waals surface area contributed by atoms with Gasteiger partial charge in [-0.2, -0.15) is 0 Å². The normalized spacial score (nSPS) is 10.3. The Morgan fingerprint density at radius 2 is 1.74 bits per heavy atom. The van der Waals surface area contributed by atoms with Crippen LogP contribution in [0.4, 0.5) is 4.39 Å². The third-order valence-electron chi connectivity index (χ3n) is 2.68. The molecular formula is C15H16FNO2. The average Bonchev–Trinajstić information content (AvgIpc) is 2.43. The first-order chi connectivity index (χ1) is 9.22. The number of ether oxygens (including phenoxy) is 2. The van der Waals surface area contributed by atoms with Gasteiger partial charge in [-0.1, -0.05) is 0 Å². The van der Waals surface area contributed by atoms with E-state index in [0.29, 0.717) is 18.0 Å². The summed E-state index contributed by atoms with van der Waals surface area (Å²) in [6.45, 7) is 0.545. The Hall–Kier alpha value is -2.07. The van der Waals surface area contributed by atoms with E-state index in [1.807, 2.05) is 31.3 Å². The maximum atomic E-state index is 13.2. The Balaban J connectivity index is 2.21. The van der Waals surface area contributed by atoms with Crippen LogP contribution in [0.3, 0.4) is 0 Å². The topological polar surface area (TPSA) is 30.5 Å². The molecule has 0 radical (unpaired) electrons. The molecule has 100 valence electrons. The molecule has 0 heterocycles. The Morgan fingerprint density at radius 1 is 1.05 bits per heavy atom. The molecule has 0 aliphatic rings. The van der Waals surface area contributed by atoms with E-state index in [4.69, 9.17) is 9.47 Å². The summed E-state index contributed by atoms with van der Waals surface area (Å²) in [7, 11) is 3.42. The van der Waals surface area contributed by atoms with Crippen LogP contribution in [-0.2, 0) is 6.54 Å². The first kappa shape index (κ1) is 13.4. The Bertz CT molecular complexity index is 540. The summed E-state index contributed by atoms with van der Waals surface area (Å²) in [6.07, 6.45) is 0. The summed E-state index contributed by atoms with van der Waals surface area (Å²) < 4.78 is 24.0. The van der Waals surface area contributed by atoms with Crippen LogP contribution in [0, 0.1) is 5.82 Å². The maximum Gasteiger partial charge on any atom is 0.132 e. The monoisotopic (exact) mass is 261 g/mol. The molecule has 0 unspecified atom stereocenters. The van der Waals surface area contributed by atoms with Gasteiger partial charge in [0.1, 0.15) is 23.1 Å². The highest BCUT2D eigenvalue weighted by Crippen LogP contribution is 2.27. The van der Waals surface area contributed by atoms with Gasteiger partial charge in [0.05, 0.1) is 7.11 Å². The van der Waals surface area contributed by atoms with Gasteiger partial charge in [-0.05, 0) is 49.5 Å². The van der Waals surface area contributed by atoms with E-state index in [0.717, 1.165) is 11.3 Å². The van der Waals surface area contributed by atoms with Gasteiger partial charge in [0.2, 0.25) is 0 Å². The second kappa shape index (κ2) is 6.20. The molecule has 0 amide bonds. The molecule has 0 aromatic heterocycles. The molecule has 0 fully saturated rings. The van der Waals surface area contributed by atoms with Crippen LogP contribution < -0.4 is 14.8 Å². The van der Waals surface area contributed by atoms with E-state index in [1.165, 1.54) is 12.1 Å². The average molecular weight is 261 g/mol. The second-order valence-electron chi connectivity index (χ2n) is 4.06. The van der Waals surface area contributed by atoms with Gasteiger partial charge < -0.3 is 14.8 Å². The molecule has 4 heteroatoms. The van der Waals surface area contributed by atoms with E-state index in [9.17, 15) is 4.39 Å². The highest BCUT2D eigenvalue weighted by atomic mass is 19.1. The number of hydrogen-bond acceptors (Lipinski definition) is 3. The summed E-state index contributed by atoms with van der Waals surface area (Å²) in [5.41, 5.74) is 0.776. The molecular weight excluding hydrogens is 245 g/mol. The lowest BCUT2D eigenvalue weighted by Crippen LogP contribution is -2.06. The Kier molecular flexibility index (Phi) is 4.36. The lowest BCUT2D eigenvalue weighted by atomic mass is 10.2. The van der Waals surface area contributed by atoms with E-state index in [2.05, 4.69) is 5.32 Å². The summed E-state index contributed by atoms with van der Waals surface area (Å²) in [5.74, 6) is 1.82. The zero-order valence-electron chi connectivity index (χ0n) is 10.9. The predicted octanol–water partition coefficient (Wildman–Crippen LogP) is 3.35. The molecule has 0 bridgehead atoms. The van der Waals surface area contributed by atoms with Crippen molar-refractivity contribution in [1.82, 2.24) is 5.32 Å². The number of nitrogens with one attached hydrogen (secondary N) is 1. The zero-order valence-corrected chi connectivity index (χ0v) is 10.9. The molecule has 2 aromatic rings. The van der Waals surface area contributed by atoms with E-state index >= 15 is 0 Å². The lowest BCUT2D eigenvalue weighted by molar-refractivity contribution is 0.412. The van der Waals surface area contributed by atoms with Crippen molar-refractivity contribution in [2.45, 2.75) is 6.54 Å². The van der Waals surface area contributed by atoms with Crippen LogP contribution in [0.25, 0.3) is 0 Å². The van der Waals surface area contributed by atoms with Crippen LogP contribution >= 0.6 is 0 Å². The largest absolute Gasteiger partial charge is 0.497 e. The van der Waals surface area contributed by atoms with Gasteiger partial charge in [-0.25, -0.2) is 4.39 Å². The van der Waals surface area contributed by atoms with Crippen LogP contribution in [0.5, 0.6) is 17.2 Å². The molecule has 19 heavy (non-hydrogen) atoms. The number of rotatable bonds is 5. The molecule has 2 rings (SSSR count). The first-order valence-electron chi connectivity index (χ1n) is 5.98. The predicted molar refractivity (Wildman–Crippen MR) is 72.2 cm³/mol. The second-order valence-corrected chi connectivity index (χ2v) is 4.06. The van der Waals surface area contributed by atoms with Gasteiger partial charge in [0.15, 0.2) is 0 Å². The molecule has 0 saturated heterocycles. The molecule has 0 saturated carbocycles. The number of methoxy groups -OCH3 is 1. The van der Waals surface area contributed by atoms with Crippen LogP contribution in [0.1, 0.15) is 5.56 Å². The van der Waals surface area contributed by atoms with Gasteiger partial charge in [0.25, 0.3) is 0 Å². The molecule has 3 nitrogen and oxygen atoms in total. The van der Waals surface area contributed by atoms with Crippen molar-refractivity contribution >= 4 is 0 Å². The van der Waals surface area contributed by atoms with Gasteiger partial charge in [-0.3, -0.25) is 0 Å². The highest BCUT2D eigenvalue weighted by molar-refractivity contribution is 5.39. The van der Waals surface area contributed by atoms with Crippen molar-refractivity contribution in [3.63, 3.8) is 0 Å². The van der Waals surface area contributed by atoms with Crippen molar-refractivity contribution in [2.75, 3.05) is 14.2 Å². The van der Waals surface area contributed by atoms with E-state index in [-0.39, 0.29) is 5.82 Å². The van der Waals surface area contributed by atoms with E-state index in [1.54, 1.807) is 13.2 Å². The fourth-order valence-electron chi connectivity index (χ4n) is 1.75. The fourth-order valence-corrected chi connectivity index (χ4v) is 1.75. The summed E-state index contributed by atoms with van der Waals surface area (Å²) in [6, 6.07) is 11.7. The zero-order chi connectivity index (χ0) is 13.7. The van der Waals surface area contributed by atoms with Gasteiger partial charge >= 0.3 is 0 Å². The van der Waals surface area contributed by atoms with Crippen LogP contribution in [0.2, 0.25) is 0 Å². The van der Waals surface area contributed by atoms with Gasteiger partial charge in [0, 0.05) is 12.1 Å².